The summed E-state index contributed by atoms with van der Waals surface area (Å²) in [5.74, 6) is 0.0478. The summed E-state index contributed by atoms with van der Waals surface area (Å²) in [4.78, 5) is 12.9. The molecule has 1 aliphatic carbocycles. The fraction of sp³-hybridized carbons (Fsp3) is 0.429. The van der Waals surface area contributed by atoms with E-state index < -0.39 is 0 Å². The molecule has 2 aromatic heterocycles. The number of carbonyl (C=O) groups excluding carboxylic acids is 1. The number of rotatable bonds is 4. The van der Waals surface area contributed by atoms with Crippen molar-refractivity contribution in [3.63, 3.8) is 0 Å². The fourth-order valence-corrected chi connectivity index (χ4v) is 3.48. The summed E-state index contributed by atoms with van der Waals surface area (Å²) in [7, 11) is 0. The molecule has 1 N–H and O–H groups in total. The molecule has 3 rings (SSSR count). The summed E-state index contributed by atoms with van der Waals surface area (Å²) in [5.41, 5.74) is 1.08. The third kappa shape index (κ3) is 3.22. The number of hydrogen-bond acceptors (Lipinski definition) is 3. The van der Waals surface area contributed by atoms with Crippen molar-refractivity contribution in [1.82, 2.24) is 15.1 Å². The first-order chi connectivity index (χ1) is 9.70. The van der Waals surface area contributed by atoms with Crippen LogP contribution < -0.4 is 5.32 Å². The van der Waals surface area contributed by atoms with E-state index in [-0.39, 0.29) is 5.91 Å². The van der Waals surface area contributed by atoms with Gasteiger partial charge in [0.15, 0.2) is 0 Å². The van der Waals surface area contributed by atoms with Gasteiger partial charge in [0.2, 0.25) is 0 Å². The molecule has 0 spiro atoms. The summed E-state index contributed by atoms with van der Waals surface area (Å²) in [6.07, 6.45) is 8.05. The number of nitrogens with zero attached hydrogens (tertiary/aromatic N) is 2. The molecule has 0 unspecified atom stereocenters. The van der Waals surface area contributed by atoms with Crippen molar-refractivity contribution in [3.05, 3.63) is 39.3 Å². The predicted octanol–water partition coefficient (Wildman–Crippen LogP) is 3.32. The molecule has 2 heterocycles. The van der Waals surface area contributed by atoms with Gasteiger partial charge in [-0.05, 0) is 29.9 Å². The first-order valence-electron chi connectivity index (χ1n) is 6.77. The van der Waals surface area contributed by atoms with E-state index in [0.717, 1.165) is 23.3 Å². The van der Waals surface area contributed by atoms with E-state index in [1.807, 2.05) is 11.4 Å². The molecule has 1 aliphatic rings. The molecule has 0 saturated heterocycles. The molecule has 0 bridgehead atoms. The van der Waals surface area contributed by atoms with Gasteiger partial charge >= 0.3 is 0 Å². The highest BCUT2D eigenvalue weighted by Gasteiger charge is 2.18. The van der Waals surface area contributed by atoms with Crippen molar-refractivity contribution < 1.29 is 4.79 Å². The van der Waals surface area contributed by atoms with Crippen LogP contribution in [0.1, 0.15) is 40.9 Å². The number of halogens is 1. The summed E-state index contributed by atoms with van der Waals surface area (Å²) in [5, 5.41) is 9.87. The highest BCUT2D eigenvalue weighted by Crippen LogP contribution is 2.20. The molecule has 0 aliphatic heterocycles. The zero-order valence-electron chi connectivity index (χ0n) is 11.0. The second kappa shape index (κ2) is 5.97. The number of thiophene rings is 1. The summed E-state index contributed by atoms with van der Waals surface area (Å²) in [6, 6.07) is 2.29. The molecule has 106 valence electrons. The average molecular weight is 310 g/mol. The lowest BCUT2D eigenvalue weighted by molar-refractivity contribution is 0.0942. The van der Waals surface area contributed by atoms with Gasteiger partial charge in [0.25, 0.3) is 5.91 Å². The minimum atomic E-state index is 0.0478. The normalized spacial score (nSPS) is 15.7. The Labute approximate surface area is 126 Å². The van der Waals surface area contributed by atoms with Crippen LogP contribution in [0.15, 0.2) is 23.8 Å². The Morgan fingerprint density at radius 2 is 2.30 bits per heavy atom. The first-order valence-corrected chi connectivity index (χ1v) is 8.03. The van der Waals surface area contributed by atoms with Crippen LogP contribution in [-0.4, -0.2) is 21.7 Å². The Hall–Kier alpha value is -1.33. The molecule has 4 nitrogen and oxygen atoms in total. The second-order valence-electron chi connectivity index (χ2n) is 5.13. The topological polar surface area (TPSA) is 46.9 Å². The second-order valence-corrected chi connectivity index (χ2v) is 6.48. The van der Waals surface area contributed by atoms with Crippen LogP contribution in [-0.2, 0) is 6.54 Å². The molecule has 1 fully saturated rings. The van der Waals surface area contributed by atoms with E-state index in [0.29, 0.717) is 17.6 Å². The van der Waals surface area contributed by atoms with E-state index in [4.69, 9.17) is 11.6 Å². The number of hydrogen-bond donors (Lipinski definition) is 1. The Morgan fingerprint density at radius 1 is 1.50 bits per heavy atom. The van der Waals surface area contributed by atoms with Crippen LogP contribution in [0.2, 0.25) is 5.02 Å². The highest BCUT2D eigenvalue weighted by atomic mass is 35.5. The predicted molar refractivity (Wildman–Crippen MR) is 80.4 cm³/mol. The number of aromatic nitrogens is 2. The van der Waals surface area contributed by atoms with Gasteiger partial charge in [-0.2, -0.15) is 5.10 Å². The smallest absolute Gasteiger partial charge is 0.261 e. The molecular weight excluding hydrogens is 294 g/mol. The maximum Gasteiger partial charge on any atom is 0.261 e. The Morgan fingerprint density at radius 3 is 3.00 bits per heavy atom. The van der Waals surface area contributed by atoms with Gasteiger partial charge in [-0.25, -0.2) is 0 Å². The Kier molecular flexibility index (Phi) is 4.08. The van der Waals surface area contributed by atoms with Crippen LogP contribution in [0.5, 0.6) is 0 Å². The van der Waals surface area contributed by atoms with Gasteiger partial charge in [-0.3, -0.25) is 9.48 Å². The van der Waals surface area contributed by atoms with Gasteiger partial charge in [0.05, 0.1) is 22.6 Å². The van der Waals surface area contributed by atoms with Crippen LogP contribution in [0, 0.1) is 0 Å². The minimum absolute atomic E-state index is 0.0478. The Balaban J connectivity index is 1.62. The Bertz CT molecular complexity index is 601. The summed E-state index contributed by atoms with van der Waals surface area (Å²) >= 11 is 7.31. The van der Waals surface area contributed by atoms with Gasteiger partial charge in [0, 0.05) is 12.2 Å². The van der Waals surface area contributed by atoms with E-state index in [1.54, 1.807) is 17.1 Å². The van der Waals surface area contributed by atoms with Crippen molar-refractivity contribution in [3.8, 4) is 0 Å². The van der Waals surface area contributed by atoms with Crippen LogP contribution in [0.4, 0.5) is 0 Å². The van der Waals surface area contributed by atoms with Gasteiger partial charge in [0.1, 0.15) is 0 Å². The molecule has 1 saturated carbocycles. The molecule has 6 heteroatoms. The van der Waals surface area contributed by atoms with Crippen LogP contribution >= 0.6 is 22.9 Å². The average Bonchev–Trinajstić information content (AvgIpc) is 3.12. The van der Waals surface area contributed by atoms with Gasteiger partial charge < -0.3 is 5.32 Å². The molecule has 0 aromatic carbocycles. The van der Waals surface area contributed by atoms with Crippen molar-refractivity contribution in [1.29, 1.82) is 0 Å². The molecule has 2 aromatic rings. The molecule has 0 radical (unpaired) electrons. The maximum atomic E-state index is 12.1. The standard InChI is InChI=1S/C14H16ClN3OS/c15-11-6-16-18(8-11)7-10-5-13(20-9-10)14(19)17-12-3-1-2-4-12/h5-6,8-9,12H,1-4,7H2,(H,17,19). The van der Waals surface area contributed by atoms with Gasteiger partial charge in [-0.15, -0.1) is 11.3 Å². The quantitative estimate of drug-likeness (QED) is 0.941. The van der Waals surface area contributed by atoms with E-state index in [2.05, 4.69) is 10.4 Å². The molecule has 20 heavy (non-hydrogen) atoms. The number of carbonyl (C=O) groups is 1. The van der Waals surface area contributed by atoms with Crippen LogP contribution in [0.3, 0.4) is 0 Å². The van der Waals surface area contributed by atoms with Crippen molar-refractivity contribution in [2.45, 2.75) is 38.3 Å². The number of nitrogens with one attached hydrogen (secondary N) is 1. The van der Waals surface area contributed by atoms with Crippen molar-refractivity contribution >= 4 is 28.8 Å². The van der Waals surface area contributed by atoms with E-state index >= 15 is 0 Å². The molecule has 1 amide bonds. The summed E-state index contributed by atoms with van der Waals surface area (Å²) in [6.45, 7) is 0.639. The van der Waals surface area contributed by atoms with Crippen molar-refractivity contribution in [2.24, 2.45) is 0 Å². The van der Waals surface area contributed by atoms with Gasteiger partial charge in [-0.1, -0.05) is 24.4 Å². The molecule has 0 atom stereocenters. The van der Waals surface area contributed by atoms with E-state index in [1.165, 1.54) is 24.2 Å². The maximum absolute atomic E-state index is 12.1. The third-order valence-electron chi connectivity index (χ3n) is 3.51. The minimum Gasteiger partial charge on any atom is -0.349 e. The lowest BCUT2D eigenvalue weighted by Crippen LogP contribution is -2.31. The zero-order chi connectivity index (χ0) is 13.9. The van der Waals surface area contributed by atoms with E-state index in [9.17, 15) is 4.79 Å². The molecular formula is C14H16ClN3OS. The van der Waals surface area contributed by atoms with Crippen molar-refractivity contribution in [2.75, 3.05) is 0 Å². The fourth-order valence-electron chi connectivity index (χ4n) is 2.52. The monoisotopic (exact) mass is 309 g/mol. The van der Waals surface area contributed by atoms with Crippen LogP contribution in [0.25, 0.3) is 0 Å². The largest absolute Gasteiger partial charge is 0.349 e. The lowest BCUT2D eigenvalue weighted by atomic mass is 10.2. The SMILES string of the molecule is O=C(NC1CCCC1)c1cc(Cn2cc(Cl)cn2)cs1. The first kappa shape index (κ1) is 13.6. The highest BCUT2D eigenvalue weighted by molar-refractivity contribution is 7.12. The number of amides is 1. The lowest BCUT2D eigenvalue weighted by Gasteiger charge is -2.10. The summed E-state index contributed by atoms with van der Waals surface area (Å²) < 4.78 is 1.77. The zero-order valence-corrected chi connectivity index (χ0v) is 12.6. The third-order valence-corrected chi connectivity index (χ3v) is 4.69.